The minimum atomic E-state index is -0.242. The van der Waals surface area contributed by atoms with Gasteiger partial charge < -0.3 is 9.47 Å². The van der Waals surface area contributed by atoms with Gasteiger partial charge in [-0.05, 0) is 55.0 Å². The highest BCUT2D eigenvalue weighted by atomic mass is 16.5. The standard InChI is InChI=1S/C28H21N7O2/c1-17-22-23(19-7-6-14-29-15-19)24-26-31-25(18-10-12-21(36-2)13-11-18)33-34(26)16-30-27(24)37-28(22)35(32-17)20-8-4-3-5-9-20/h3-16,23H,1-2H3/t23-/m1/s1. The number of rotatable bonds is 4. The van der Waals surface area contributed by atoms with E-state index in [1.54, 1.807) is 24.1 Å². The molecule has 1 aliphatic heterocycles. The van der Waals surface area contributed by atoms with Crippen LogP contribution < -0.4 is 9.47 Å². The Morgan fingerprint density at radius 1 is 0.919 bits per heavy atom. The number of hydrogen-bond donors (Lipinski definition) is 0. The van der Waals surface area contributed by atoms with Gasteiger partial charge >= 0.3 is 0 Å². The SMILES string of the molecule is COc1ccc(-c2nc3c4c(ncn3n2)Oc2c(c(C)nn2-c2ccccc2)[C@H]4c2cccnc2)cc1. The van der Waals surface area contributed by atoms with Gasteiger partial charge in [-0.15, -0.1) is 5.10 Å². The zero-order valence-electron chi connectivity index (χ0n) is 20.1. The Morgan fingerprint density at radius 3 is 2.51 bits per heavy atom. The maximum atomic E-state index is 6.46. The van der Waals surface area contributed by atoms with E-state index < -0.39 is 0 Å². The number of methoxy groups -OCH3 is 1. The molecule has 1 atom stereocenters. The molecule has 0 unspecified atom stereocenters. The number of para-hydroxylation sites is 1. The van der Waals surface area contributed by atoms with Gasteiger partial charge in [0.25, 0.3) is 0 Å². The van der Waals surface area contributed by atoms with Crippen molar-refractivity contribution in [2.75, 3.05) is 7.11 Å². The van der Waals surface area contributed by atoms with Crippen LogP contribution in [0.1, 0.15) is 28.3 Å². The predicted octanol–water partition coefficient (Wildman–Crippen LogP) is 4.97. The van der Waals surface area contributed by atoms with Gasteiger partial charge in [0.05, 0.1) is 35.5 Å². The molecule has 2 aromatic carbocycles. The maximum absolute atomic E-state index is 6.46. The van der Waals surface area contributed by atoms with Crippen LogP contribution in [0.15, 0.2) is 85.5 Å². The Kier molecular flexibility index (Phi) is 4.75. The summed E-state index contributed by atoms with van der Waals surface area (Å²) in [5, 5.41) is 9.58. The maximum Gasteiger partial charge on any atom is 0.230 e. The average Bonchev–Trinajstić information content (AvgIpc) is 3.54. The van der Waals surface area contributed by atoms with Crippen LogP contribution in [0.5, 0.6) is 17.5 Å². The first kappa shape index (κ1) is 21.3. The van der Waals surface area contributed by atoms with Gasteiger partial charge in [-0.25, -0.2) is 19.2 Å². The zero-order valence-corrected chi connectivity index (χ0v) is 20.1. The van der Waals surface area contributed by atoms with Gasteiger partial charge in [-0.3, -0.25) is 4.98 Å². The molecule has 4 aromatic heterocycles. The van der Waals surface area contributed by atoms with E-state index in [2.05, 4.69) is 16.0 Å². The van der Waals surface area contributed by atoms with Crippen LogP contribution in [0, 0.1) is 6.92 Å². The molecule has 7 rings (SSSR count). The molecular formula is C28H21N7O2. The van der Waals surface area contributed by atoms with E-state index in [-0.39, 0.29) is 5.92 Å². The number of nitrogens with zero attached hydrogens (tertiary/aromatic N) is 7. The van der Waals surface area contributed by atoms with Crippen molar-refractivity contribution in [3.05, 3.63) is 108 Å². The van der Waals surface area contributed by atoms with E-state index in [1.165, 1.54) is 0 Å². The molecule has 37 heavy (non-hydrogen) atoms. The van der Waals surface area contributed by atoms with Gasteiger partial charge in [0, 0.05) is 18.0 Å². The second kappa shape index (κ2) is 8.27. The monoisotopic (exact) mass is 487 g/mol. The van der Waals surface area contributed by atoms with E-state index in [1.807, 2.05) is 78.5 Å². The second-order valence-electron chi connectivity index (χ2n) is 8.77. The number of fused-ring (bicyclic) bond motifs is 4. The predicted molar refractivity (Wildman–Crippen MR) is 136 cm³/mol. The first-order valence-corrected chi connectivity index (χ1v) is 11.8. The van der Waals surface area contributed by atoms with Crippen LogP contribution in [0.3, 0.4) is 0 Å². The summed E-state index contributed by atoms with van der Waals surface area (Å²) in [6.07, 6.45) is 5.27. The molecule has 0 N–H and O–H groups in total. The molecule has 1 aliphatic rings. The molecule has 0 fully saturated rings. The van der Waals surface area contributed by atoms with E-state index in [0.717, 1.165) is 39.4 Å². The Balaban J connectivity index is 1.46. The molecule has 180 valence electrons. The lowest BCUT2D eigenvalue weighted by molar-refractivity contribution is 0.402. The van der Waals surface area contributed by atoms with Crippen LogP contribution in [-0.4, -0.2) is 41.5 Å². The minimum absolute atomic E-state index is 0.242. The number of aryl methyl sites for hydroxylation is 1. The van der Waals surface area contributed by atoms with Crippen molar-refractivity contribution in [2.45, 2.75) is 12.8 Å². The lowest BCUT2D eigenvalue weighted by Crippen LogP contribution is -2.16. The van der Waals surface area contributed by atoms with Gasteiger partial charge in [0.1, 0.15) is 12.1 Å². The van der Waals surface area contributed by atoms with Crippen LogP contribution in [-0.2, 0) is 0 Å². The zero-order chi connectivity index (χ0) is 24.9. The third-order valence-electron chi connectivity index (χ3n) is 6.59. The molecule has 9 nitrogen and oxygen atoms in total. The molecular weight excluding hydrogens is 466 g/mol. The summed E-state index contributed by atoms with van der Waals surface area (Å²) >= 11 is 0. The summed E-state index contributed by atoms with van der Waals surface area (Å²) < 4.78 is 15.3. The van der Waals surface area contributed by atoms with Crippen molar-refractivity contribution in [2.24, 2.45) is 0 Å². The fourth-order valence-electron chi connectivity index (χ4n) is 4.86. The summed E-state index contributed by atoms with van der Waals surface area (Å²) in [4.78, 5) is 14.0. The molecule has 5 heterocycles. The molecule has 6 aromatic rings. The molecule has 0 spiro atoms. The third kappa shape index (κ3) is 3.35. The first-order valence-electron chi connectivity index (χ1n) is 11.8. The summed E-state index contributed by atoms with van der Waals surface area (Å²) in [5.41, 5.74) is 6.08. The van der Waals surface area contributed by atoms with Crippen molar-refractivity contribution in [3.8, 4) is 34.6 Å². The fourth-order valence-corrected chi connectivity index (χ4v) is 4.86. The lowest BCUT2D eigenvalue weighted by Gasteiger charge is -2.26. The highest BCUT2D eigenvalue weighted by molar-refractivity contribution is 5.68. The van der Waals surface area contributed by atoms with Gasteiger partial charge in [-0.2, -0.15) is 5.10 Å². The Morgan fingerprint density at radius 2 is 1.76 bits per heavy atom. The Labute approximate surface area is 212 Å². The molecule has 0 saturated heterocycles. The molecule has 0 saturated carbocycles. The Bertz CT molecular complexity index is 1740. The van der Waals surface area contributed by atoms with Crippen LogP contribution in [0.25, 0.3) is 22.7 Å². The first-order chi connectivity index (χ1) is 18.2. The molecule has 0 aliphatic carbocycles. The third-order valence-corrected chi connectivity index (χ3v) is 6.59. The minimum Gasteiger partial charge on any atom is -0.497 e. The molecule has 0 radical (unpaired) electrons. The summed E-state index contributed by atoms with van der Waals surface area (Å²) in [7, 11) is 1.64. The quantitative estimate of drug-likeness (QED) is 0.346. The van der Waals surface area contributed by atoms with Crippen LogP contribution >= 0.6 is 0 Å². The number of pyridine rings is 1. The van der Waals surface area contributed by atoms with E-state index >= 15 is 0 Å². The van der Waals surface area contributed by atoms with Gasteiger partial charge in [0.2, 0.25) is 11.8 Å². The molecule has 9 heteroatoms. The smallest absolute Gasteiger partial charge is 0.230 e. The summed E-state index contributed by atoms with van der Waals surface area (Å²) in [6, 6.07) is 21.6. The number of hydrogen-bond acceptors (Lipinski definition) is 7. The number of benzene rings is 2. The average molecular weight is 488 g/mol. The van der Waals surface area contributed by atoms with Crippen LogP contribution in [0.2, 0.25) is 0 Å². The summed E-state index contributed by atoms with van der Waals surface area (Å²) in [6.45, 7) is 2.00. The topological polar surface area (TPSA) is 92.3 Å². The molecule has 0 bridgehead atoms. The van der Waals surface area contributed by atoms with Gasteiger partial charge in [-0.1, -0.05) is 24.3 Å². The fraction of sp³-hybridized carbons (Fsp3) is 0.107. The van der Waals surface area contributed by atoms with E-state index in [9.17, 15) is 0 Å². The summed E-state index contributed by atoms with van der Waals surface area (Å²) in [5.74, 6) is 2.23. The van der Waals surface area contributed by atoms with Gasteiger partial charge in [0.15, 0.2) is 11.5 Å². The van der Waals surface area contributed by atoms with E-state index in [0.29, 0.717) is 23.2 Å². The molecule has 0 amide bonds. The Hall–Kier alpha value is -5.05. The highest BCUT2D eigenvalue weighted by Gasteiger charge is 2.38. The number of aromatic nitrogens is 7. The van der Waals surface area contributed by atoms with Crippen LogP contribution in [0.4, 0.5) is 0 Å². The lowest BCUT2D eigenvalue weighted by atomic mass is 9.85. The van der Waals surface area contributed by atoms with Crippen molar-refractivity contribution in [1.82, 2.24) is 34.3 Å². The highest BCUT2D eigenvalue weighted by Crippen LogP contribution is 2.49. The van der Waals surface area contributed by atoms with Crippen molar-refractivity contribution >= 4 is 5.65 Å². The van der Waals surface area contributed by atoms with E-state index in [4.69, 9.17) is 24.7 Å². The van der Waals surface area contributed by atoms with Crippen molar-refractivity contribution in [1.29, 1.82) is 0 Å². The largest absolute Gasteiger partial charge is 0.497 e. The van der Waals surface area contributed by atoms with Crippen molar-refractivity contribution in [3.63, 3.8) is 0 Å². The van der Waals surface area contributed by atoms with Crippen molar-refractivity contribution < 1.29 is 9.47 Å². The second-order valence-corrected chi connectivity index (χ2v) is 8.77. The number of ether oxygens (including phenoxy) is 2. The normalized spacial score (nSPS) is 14.2.